The van der Waals surface area contributed by atoms with Gasteiger partial charge in [-0.3, -0.25) is 13.9 Å². The fraction of sp³-hybridized carbons (Fsp3) is 0.375. The van der Waals surface area contributed by atoms with Crippen molar-refractivity contribution in [2.75, 3.05) is 18.0 Å². The van der Waals surface area contributed by atoms with Gasteiger partial charge in [-0.1, -0.05) is 61.2 Å². The van der Waals surface area contributed by atoms with Crippen LogP contribution in [0.25, 0.3) is 0 Å². The third-order valence-electron chi connectivity index (χ3n) is 7.74. The minimum Gasteiger partial charge on any atom is -0.497 e. The number of rotatable bonds is 11. The highest BCUT2D eigenvalue weighted by atomic mass is 35.5. The highest BCUT2D eigenvalue weighted by molar-refractivity contribution is 7.92. The molecule has 0 spiro atoms. The van der Waals surface area contributed by atoms with Gasteiger partial charge < -0.3 is 15.0 Å². The number of hydrogen-bond acceptors (Lipinski definition) is 5. The zero-order chi connectivity index (χ0) is 30.3. The molecule has 0 aromatic heterocycles. The predicted octanol–water partition coefficient (Wildman–Crippen LogP) is 5.72. The van der Waals surface area contributed by atoms with Crippen molar-refractivity contribution >= 4 is 39.1 Å². The lowest BCUT2D eigenvalue weighted by Gasteiger charge is -2.33. The molecule has 3 aromatic carbocycles. The van der Waals surface area contributed by atoms with E-state index in [0.717, 1.165) is 47.5 Å². The lowest BCUT2D eigenvalue weighted by Crippen LogP contribution is -2.53. The first-order valence-electron chi connectivity index (χ1n) is 14.2. The summed E-state index contributed by atoms with van der Waals surface area (Å²) >= 11 is 6.25. The first kappa shape index (κ1) is 31.4. The molecule has 0 bridgehead atoms. The number of methoxy groups -OCH3 is 1. The number of ether oxygens (including phenoxy) is 1. The van der Waals surface area contributed by atoms with Gasteiger partial charge in [0, 0.05) is 17.6 Å². The minimum absolute atomic E-state index is 0.00961. The summed E-state index contributed by atoms with van der Waals surface area (Å²) in [5.74, 6) is -0.265. The van der Waals surface area contributed by atoms with Crippen LogP contribution in [0, 0.1) is 6.92 Å². The molecule has 0 radical (unpaired) electrons. The van der Waals surface area contributed by atoms with Gasteiger partial charge >= 0.3 is 0 Å². The van der Waals surface area contributed by atoms with Crippen LogP contribution in [0.15, 0.2) is 77.7 Å². The van der Waals surface area contributed by atoms with Crippen LogP contribution in [0.3, 0.4) is 0 Å². The number of halogens is 1. The van der Waals surface area contributed by atoms with Gasteiger partial charge in [-0.05, 0) is 80.3 Å². The normalized spacial score (nSPS) is 14.6. The maximum absolute atomic E-state index is 14.1. The Morgan fingerprint density at radius 3 is 2.33 bits per heavy atom. The number of hydrogen-bond donors (Lipinski definition) is 1. The average molecular weight is 612 g/mol. The monoisotopic (exact) mass is 611 g/mol. The van der Waals surface area contributed by atoms with Gasteiger partial charge in [0.1, 0.15) is 18.3 Å². The molecule has 4 rings (SSSR count). The molecule has 1 aliphatic carbocycles. The number of sulfonamides is 1. The lowest BCUT2D eigenvalue weighted by atomic mass is 9.95. The van der Waals surface area contributed by atoms with Crippen LogP contribution in [-0.2, 0) is 26.2 Å². The number of carbonyl (C=O) groups excluding carboxylic acids is 2. The lowest BCUT2D eigenvalue weighted by molar-refractivity contribution is -0.139. The van der Waals surface area contributed by atoms with Crippen LogP contribution < -0.4 is 14.4 Å². The summed E-state index contributed by atoms with van der Waals surface area (Å²) < 4.78 is 34.2. The molecule has 0 unspecified atom stereocenters. The molecule has 3 aromatic rings. The Kier molecular flexibility index (Phi) is 10.5. The molecular formula is C32H38ClN3O5S. The van der Waals surface area contributed by atoms with Crippen molar-refractivity contribution in [3.05, 3.63) is 88.9 Å². The standard InChI is InChI=1S/C32H38ClN3O5S/c1-23-10-7-8-11-25(23)21-35(24(2)32(38)34-27-13-5-4-6-14-27)31(37)22-36(28-15-9-12-26(33)20-28)42(39,40)30-18-16-29(41-3)17-19-30/h7-12,15-20,24,27H,4-6,13-14,21-22H2,1-3H3,(H,34,38)/t24-/m0/s1. The molecule has 10 heteroatoms. The largest absolute Gasteiger partial charge is 0.497 e. The number of anilines is 1. The topological polar surface area (TPSA) is 96.0 Å². The van der Waals surface area contributed by atoms with E-state index in [0.29, 0.717) is 10.8 Å². The molecule has 0 aliphatic heterocycles. The van der Waals surface area contributed by atoms with E-state index in [1.807, 2.05) is 31.2 Å². The van der Waals surface area contributed by atoms with Gasteiger partial charge in [-0.2, -0.15) is 0 Å². The Balaban J connectivity index is 1.68. The molecular weight excluding hydrogens is 574 g/mol. The molecule has 2 amide bonds. The smallest absolute Gasteiger partial charge is 0.264 e. The number of carbonyl (C=O) groups is 2. The average Bonchev–Trinajstić information content (AvgIpc) is 2.99. The first-order chi connectivity index (χ1) is 20.1. The van der Waals surface area contributed by atoms with E-state index in [1.165, 1.54) is 30.2 Å². The molecule has 0 heterocycles. The third-order valence-corrected chi connectivity index (χ3v) is 9.77. The molecule has 1 atom stereocenters. The molecule has 1 fully saturated rings. The quantitative estimate of drug-likeness (QED) is 0.299. The zero-order valence-electron chi connectivity index (χ0n) is 24.3. The summed E-state index contributed by atoms with van der Waals surface area (Å²) in [5.41, 5.74) is 2.07. The Morgan fingerprint density at radius 1 is 1.00 bits per heavy atom. The second kappa shape index (κ2) is 14.1. The summed E-state index contributed by atoms with van der Waals surface area (Å²) in [7, 11) is -2.71. The van der Waals surface area contributed by atoms with Gasteiger partial charge in [-0.25, -0.2) is 8.42 Å². The Labute approximate surface area is 253 Å². The van der Waals surface area contributed by atoms with Crippen LogP contribution in [-0.4, -0.2) is 50.9 Å². The molecule has 1 saturated carbocycles. The SMILES string of the molecule is COc1ccc(S(=O)(=O)N(CC(=O)N(Cc2ccccc2C)[C@@H](C)C(=O)NC2CCCCC2)c2cccc(Cl)c2)cc1. The van der Waals surface area contributed by atoms with Crippen LogP contribution in [0.2, 0.25) is 5.02 Å². The van der Waals surface area contributed by atoms with Crippen molar-refractivity contribution in [1.82, 2.24) is 10.2 Å². The highest BCUT2D eigenvalue weighted by Crippen LogP contribution is 2.28. The van der Waals surface area contributed by atoms with E-state index in [2.05, 4.69) is 5.32 Å². The molecule has 42 heavy (non-hydrogen) atoms. The van der Waals surface area contributed by atoms with Crippen molar-refractivity contribution in [3.8, 4) is 5.75 Å². The number of nitrogens with one attached hydrogen (secondary N) is 1. The van der Waals surface area contributed by atoms with E-state index >= 15 is 0 Å². The zero-order valence-corrected chi connectivity index (χ0v) is 25.8. The molecule has 0 saturated heterocycles. The number of benzene rings is 3. The van der Waals surface area contributed by atoms with Gasteiger partial charge in [0.05, 0.1) is 17.7 Å². The van der Waals surface area contributed by atoms with E-state index < -0.39 is 28.5 Å². The van der Waals surface area contributed by atoms with E-state index in [1.54, 1.807) is 37.3 Å². The second-order valence-corrected chi connectivity index (χ2v) is 12.9. The van der Waals surface area contributed by atoms with Crippen molar-refractivity contribution in [2.24, 2.45) is 0 Å². The molecule has 1 aliphatic rings. The van der Waals surface area contributed by atoms with Gasteiger partial charge in [0.15, 0.2) is 0 Å². The summed E-state index contributed by atoms with van der Waals surface area (Å²) in [6, 6.07) is 19.2. The number of nitrogens with zero attached hydrogens (tertiary/aromatic N) is 2. The fourth-order valence-electron chi connectivity index (χ4n) is 5.16. The fourth-order valence-corrected chi connectivity index (χ4v) is 6.75. The van der Waals surface area contributed by atoms with Gasteiger partial charge in [0.25, 0.3) is 10.0 Å². The summed E-state index contributed by atoms with van der Waals surface area (Å²) in [6.45, 7) is 3.26. The maximum Gasteiger partial charge on any atom is 0.264 e. The maximum atomic E-state index is 14.1. The van der Waals surface area contributed by atoms with Gasteiger partial charge in [-0.15, -0.1) is 0 Å². The Morgan fingerprint density at radius 2 is 1.69 bits per heavy atom. The number of aryl methyl sites for hydroxylation is 1. The van der Waals surface area contributed by atoms with E-state index in [4.69, 9.17) is 16.3 Å². The second-order valence-electron chi connectivity index (χ2n) is 10.6. The summed E-state index contributed by atoms with van der Waals surface area (Å²) in [4.78, 5) is 29.0. The van der Waals surface area contributed by atoms with Crippen molar-refractivity contribution in [1.29, 1.82) is 0 Å². The van der Waals surface area contributed by atoms with Crippen molar-refractivity contribution in [2.45, 2.75) is 69.5 Å². The van der Waals surface area contributed by atoms with Crippen LogP contribution >= 0.6 is 11.6 Å². The van der Waals surface area contributed by atoms with Gasteiger partial charge in [0.2, 0.25) is 11.8 Å². The third kappa shape index (κ3) is 7.63. The Bertz CT molecular complexity index is 1490. The van der Waals surface area contributed by atoms with Crippen molar-refractivity contribution < 1.29 is 22.7 Å². The van der Waals surface area contributed by atoms with Crippen LogP contribution in [0.1, 0.15) is 50.2 Å². The van der Waals surface area contributed by atoms with Crippen LogP contribution in [0.4, 0.5) is 5.69 Å². The molecule has 8 nitrogen and oxygen atoms in total. The predicted molar refractivity (Wildman–Crippen MR) is 165 cm³/mol. The molecule has 1 N–H and O–H groups in total. The summed E-state index contributed by atoms with van der Waals surface area (Å²) in [6.07, 6.45) is 5.09. The summed E-state index contributed by atoms with van der Waals surface area (Å²) in [5, 5.41) is 3.45. The number of amides is 2. The minimum atomic E-state index is -4.20. The van der Waals surface area contributed by atoms with E-state index in [9.17, 15) is 18.0 Å². The molecule has 224 valence electrons. The Hall–Kier alpha value is -3.56. The first-order valence-corrected chi connectivity index (χ1v) is 16.0. The van der Waals surface area contributed by atoms with E-state index in [-0.39, 0.29) is 29.1 Å². The van der Waals surface area contributed by atoms with Crippen LogP contribution in [0.5, 0.6) is 5.75 Å². The highest BCUT2D eigenvalue weighted by Gasteiger charge is 2.33. The van der Waals surface area contributed by atoms with Crippen molar-refractivity contribution in [3.63, 3.8) is 0 Å².